The molecule has 0 spiro atoms. The fourth-order valence-electron chi connectivity index (χ4n) is 5.13. The number of carbonyl (C=O) groups excluding carboxylic acids is 1. The molecule has 0 aromatic heterocycles. The molecule has 0 bridgehead atoms. The minimum absolute atomic E-state index is 0.185. The fourth-order valence-corrected chi connectivity index (χ4v) is 5.13. The average molecular weight is 422 g/mol. The number of ether oxygens (including phenoxy) is 1. The minimum Gasteiger partial charge on any atom is -0.496 e. The predicted molar refractivity (Wildman–Crippen MR) is 126 cm³/mol. The topological polar surface area (TPSA) is 44.8 Å². The summed E-state index contributed by atoms with van der Waals surface area (Å²) in [5.41, 5.74) is 4.71. The molecule has 1 saturated heterocycles. The van der Waals surface area contributed by atoms with Gasteiger partial charge in [-0.05, 0) is 62.9 Å². The van der Waals surface area contributed by atoms with Crippen molar-refractivity contribution in [1.82, 2.24) is 10.2 Å². The highest BCUT2D eigenvalue weighted by atomic mass is 16.5. The first-order valence-electron chi connectivity index (χ1n) is 11.5. The molecule has 2 atom stereocenters. The molecule has 0 radical (unpaired) electrons. The van der Waals surface area contributed by atoms with Gasteiger partial charge in [-0.15, -0.1) is 0 Å². The Hall–Kier alpha value is -2.37. The number of methoxy groups -OCH3 is 1. The Morgan fingerprint density at radius 3 is 2.68 bits per heavy atom. The Morgan fingerprint density at radius 2 is 1.97 bits per heavy atom. The molecular formula is C26H35N3O2. The molecule has 2 aromatic carbocycles. The van der Waals surface area contributed by atoms with E-state index in [2.05, 4.69) is 66.5 Å². The first kappa shape index (κ1) is 21.8. The quantitative estimate of drug-likeness (QED) is 0.755. The van der Waals surface area contributed by atoms with Crippen LogP contribution in [0.1, 0.15) is 55.8 Å². The van der Waals surface area contributed by atoms with Gasteiger partial charge in [-0.25, -0.2) is 0 Å². The highest BCUT2D eigenvalue weighted by Crippen LogP contribution is 2.36. The van der Waals surface area contributed by atoms with E-state index in [0.29, 0.717) is 24.5 Å². The molecule has 2 unspecified atom stereocenters. The van der Waals surface area contributed by atoms with E-state index in [-0.39, 0.29) is 5.91 Å². The number of benzene rings is 2. The fraction of sp³-hybridized carbons (Fsp3) is 0.500. The lowest BCUT2D eigenvalue weighted by Gasteiger charge is -2.43. The van der Waals surface area contributed by atoms with Gasteiger partial charge in [0.1, 0.15) is 5.75 Å². The SMILES string of the molecule is COc1cc2c(cc1CN(C(C)C)C1CCCNC1c1ccccc1)N(C)C(=O)CC2. The van der Waals surface area contributed by atoms with Crippen molar-refractivity contribution in [1.29, 1.82) is 0 Å². The molecule has 0 aliphatic carbocycles. The number of carbonyl (C=O) groups is 1. The summed E-state index contributed by atoms with van der Waals surface area (Å²) in [6.45, 7) is 6.40. The van der Waals surface area contributed by atoms with Crippen LogP contribution in [0.3, 0.4) is 0 Å². The molecule has 2 aliphatic heterocycles. The van der Waals surface area contributed by atoms with Crippen molar-refractivity contribution in [2.24, 2.45) is 0 Å². The third kappa shape index (κ3) is 4.48. The zero-order valence-electron chi connectivity index (χ0n) is 19.2. The number of nitrogens with zero attached hydrogens (tertiary/aromatic N) is 2. The smallest absolute Gasteiger partial charge is 0.227 e. The summed E-state index contributed by atoms with van der Waals surface area (Å²) < 4.78 is 5.81. The van der Waals surface area contributed by atoms with Crippen LogP contribution in [-0.2, 0) is 17.8 Å². The van der Waals surface area contributed by atoms with Gasteiger partial charge in [0.15, 0.2) is 0 Å². The van der Waals surface area contributed by atoms with Gasteiger partial charge >= 0.3 is 0 Å². The number of hydrogen-bond donors (Lipinski definition) is 1. The van der Waals surface area contributed by atoms with Crippen LogP contribution in [0.5, 0.6) is 5.75 Å². The third-order valence-corrected chi connectivity index (χ3v) is 6.85. The summed E-state index contributed by atoms with van der Waals surface area (Å²) in [6, 6.07) is 16.2. The lowest BCUT2D eigenvalue weighted by Crippen LogP contribution is -2.50. The third-order valence-electron chi connectivity index (χ3n) is 6.85. The van der Waals surface area contributed by atoms with Crippen molar-refractivity contribution < 1.29 is 9.53 Å². The molecule has 5 nitrogen and oxygen atoms in total. The maximum atomic E-state index is 12.3. The largest absolute Gasteiger partial charge is 0.496 e. The molecular weight excluding hydrogens is 386 g/mol. The molecule has 2 heterocycles. The molecule has 0 saturated carbocycles. The van der Waals surface area contributed by atoms with Crippen molar-refractivity contribution in [3.05, 3.63) is 59.2 Å². The number of piperidine rings is 1. The van der Waals surface area contributed by atoms with Crippen molar-refractivity contribution in [2.45, 2.75) is 64.2 Å². The number of aryl methyl sites for hydroxylation is 1. The Labute approximate surface area is 186 Å². The lowest BCUT2D eigenvalue weighted by atomic mass is 9.89. The number of rotatable bonds is 6. The maximum Gasteiger partial charge on any atom is 0.227 e. The first-order valence-corrected chi connectivity index (χ1v) is 11.5. The van der Waals surface area contributed by atoms with Crippen LogP contribution < -0.4 is 15.0 Å². The van der Waals surface area contributed by atoms with Crippen LogP contribution in [0.4, 0.5) is 5.69 Å². The van der Waals surface area contributed by atoms with Crippen LogP contribution in [-0.4, -0.2) is 43.6 Å². The Morgan fingerprint density at radius 1 is 1.19 bits per heavy atom. The molecule has 2 aliphatic rings. The van der Waals surface area contributed by atoms with E-state index < -0.39 is 0 Å². The molecule has 2 aromatic rings. The van der Waals surface area contributed by atoms with Gasteiger partial charge in [-0.1, -0.05) is 30.3 Å². The average Bonchev–Trinajstić information content (AvgIpc) is 2.80. The zero-order valence-corrected chi connectivity index (χ0v) is 19.2. The second-order valence-electron chi connectivity index (χ2n) is 9.06. The van der Waals surface area contributed by atoms with Gasteiger partial charge in [-0.3, -0.25) is 9.69 Å². The van der Waals surface area contributed by atoms with Gasteiger partial charge in [0, 0.05) is 49.4 Å². The number of fused-ring (bicyclic) bond motifs is 1. The van der Waals surface area contributed by atoms with E-state index >= 15 is 0 Å². The van der Waals surface area contributed by atoms with Crippen molar-refractivity contribution >= 4 is 11.6 Å². The van der Waals surface area contributed by atoms with Gasteiger partial charge in [-0.2, -0.15) is 0 Å². The molecule has 1 fully saturated rings. The second-order valence-corrected chi connectivity index (χ2v) is 9.06. The molecule has 31 heavy (non-hydrogen) atoms. The summed E-state index contributed by atoms with van der Waals surface area (Å²) in [4.78, 5) is 16.7. The Balaban J connectivity index is 1.67. The minimum atomic E-state index is 0.185. The molecule has 5 heteroatoms. The normalized spacial score (nSPS) is 21.5. The molecule has 166 valence electrons. The first-order chi connectivity index (χ1) is 15.0. The van der Waals surface area contributed by atoms with Crippen LogP contribution in [0, 0.1) is 0 Å². The summed E-state index contributed by atoms with van der Waals surface area (Å²) in [5, 5.41) is 3.77. The second kappa shape index (κ2) is 9.41. The van der Waals surface area contributed by atoms with E-state index in [0.717, 1.165) is 42.9 Å². The van der Waals surface area contributed by atoms with Gasteiger partial charge < -0.3 is 15.0 Å². The van der Waals surface area contributed by atoms with E-state index in [1.165, 1.54) is 17.5 Å². The lowest BCUT2D eigenvalue weighted by molar-refractivity contribution is -0.118. The Bertz CT molecular complexity index is 912. The number of hydrogen-bond acceptors (Lipinski definition) is 4. The predicted octanol–water partition coefficient (Wildman–Crippen LogP) is 4.31. The van der Waals surface area contributed by atoms with Crippen LogP contribution in [0.15, 0.2) is 42.5 Å². The van der Waals surface area contributed by atoms with Crippen molar-refractivity contribution in [3.63, 3.8) is 0 Å². The van der Waals surface area contributed by atoms with Gasteiger partial charge in [0.05, 0.1) is 7.11 Å². The standard InChI is InChI=1S/C26H35N3O2/c1-18(2)29(22-11-8-14-27-26(22)19-9-6-5-7-10-19)17-21-15-23-20(16-24(21)31-4)12-13-25(30)28(23)3/h5-7,9-10,15-16,18,22,26-27H,8,11-14,17H2,1-4H3. The van der Waals surface area contributed by atoms with Gasteiger partial charge in [0.2, 0.25) is 5.91 Å². The monoisotopic (exact) mass is 421 g/mol. The summed E-state index contributed by atoms with van der Waals surface area (Å²) in [7, 11) is 3.63. The number of amides is 1. The van der Waals surface area contributed by atoms with Crippen LogP contribution in [0.2, 0.25) is 0 Å². The summed E-state index contributed by atoms with van der Waals surface area (Å²) >= 11 is 0. The van der Waals surface area contributed by atoms with Crippen molar-refractivity contribution in [3.8, 4) is 5.75 Å². The van der Waals surface area contributed by atoms with Crippen LogP contribution >= 0.6 is 0 Å². The van der Waals surface area contributed by atoms with Gasteiger partial charge in [0.25, 0.3) is 0 Å². The zero-order chi connectivity index (χ0) is 22.0. The summed E-state index contributed by atoms with van der Waals surface area (Å²) in [6.07, 6.45) is 3.69. The van der Waals surface area contributed by atoms with E-state index in [1.807, 2.05) is 7.05 Å². The number of anilines is 1. The summed E-state index contributed by atoms with van der Waals surface area (Å²) in [5.74, 6) is 1.11. The van der Waals surface area contributed by atoms with Crippen molar-refractivity contribution in [2.75, 3.05) is 25.6 Å². The van der Waals surface area contributed by atoms with Crippen LogP contribution in [0.25, 0.3) is 0 Å². The molecule has 1 N–H and O–H groups in total. The highest BCUT2D eigenvalue weighted by molar-refractivity contribution is 5.96. The van der Waals surface area contributed by atoms with E-state index in [1.54, 1.807) is 12.0 Å². The maximum absolute atomic E-state index is 12.3. The molecule has 4 rings (SSSR count). The Kier molecular flexibility index (Phi) is 6.63. The van der Waals surface area contributed by atoms with E-state index in [9.17, 15) is 4.79 Å². The molecule has 1 amide bonds. The van der Waals surface area contributed by atoms with E-state index in [4.69, 9.17) is 4.74 Å². The highest BCUT2D eigenvalue weighted by Gasteiger charge is 2.33. The number of nitrogens with one attached hydrogen (secondary N) is 1.